The molecule has 0 radical (unpaired) electrons. The quantitative estimate of drug-likeness (QED) is 0.770. The van der Waals surface area contributed by atoms with Crippen molar-refractivity contribution in [3.63, 3.8) is 0 Å². The molecular formula is C19H18N2O. The van der Waals surface area contributed by atoms with Gasteiger partial charge in [0.1, 0.15) is 5.75 Å². The van der Waals surface area contributed by atoms with Gasteiger partial charge in [-0.3, -0.25) is 0 Å². The lowest BCUT2D eigenvalue weighted by Crippen LogP contribution is -1.87. The maximum atomic E-state index is 9.18. The first-order valence-corrected chi connectivity index (χ1v) is 7.41. The molecule has 0 aliphatic rings. The van der Waals surface area contributed by atoms with Gasteiger partial charge in [0.2, 0.25) is 0 Å². The molecular weight excluding hydrogens is 272 g/mol. The minimum atomic E-state index is 0.373. The summed E-state index contributed by atoms with van der Waals surface area (Å²) in [5.41, 5.74) is 5.50. The van der Waals surface area contributed by atoms with Gasteiger partial charge in [0.25, 0.3) is 0 Å². The van der Waals surface area contributed by atoms with Gasteiger partial charge in [-0.1, -0.05) is 31.2 Å². The third-order valence-corrected chi connectivity index (χ3v) is 4.02. The third-order valence-electron chi connectivity index (χ3n) is 4.02. The van der Waals surface area contributed by atoms with Crippen molar-refractivity contribution < 1.29 is 4.74 Å². The number of hydrogen-bond donors (Lipinski definition) is 1. The second-order valence-electron chi connectivity index (χ2n) is 5.28. The molecule has 1 heterocycles. The Balaban J connectivity index is 2.19. The third kappa shape index (κ3) is 2.44. The Kier molecular flexibility index (Phi) is 3.84. The van der Waals surface area contributed by atoms with Crippen LogP contribution in [0.4, 0.5) is 0 Å². The largest absolute Gasteiger partial charge is 0.497 e. The number of nitrogens with zero attached hydrogens (tertiary/aromatic N) is 1. The molecule has 0 saturated carbocycles. The first-order chi connectivity index (χ1) is 10.8. The standard InChI is InChI=1S/C19H18N2O/c1-3-13-4-6-14(7-5-13)19-16(10-11-20)17-12-15(22-2)8-9-18(17)21-19/h4-9,12,21H,3,10H2,1-2H3. The van der Waals surface area contributed by atoms with Crippen LogP contribution in [0.1, 0.15) is 18.1 Å². The van der Waals surface area contributed by atoms with E-state index in [2.05, 4.69) is 42.2 Å². The average Bonchev–Trinajstić information content (AvgIpc) is 2.93. The minimum absolute atomic E-state index is 0.373. The summed E-state index contributed by atoms with van der Waals surface area (Å²) in [5, 5.41) is 10.2. The normalized spacial score (nSPS) is 10.6. The molecule has 0 atom stereocenters. The number of H-pyrrole nitrogens is 1. The molecule has 3 nitrogen and oxygen atoms in total. The van der Waals surface area contributed by atoms with Gasteiger partial charge < -0.3 is 9.72 Å². The summed E-state index contributed by atoms with van der Waals surface area (Å²) in [6.45, 7) is 2.14. The van der Waals surface area contributed by atoms with E-state index in [1.54, 1.807) is 7.11 Å². The van der Waals surface area contributed by atoms with E-state index in [1.807, 2.05) is 18.2 Å². The van der Waals surface area contributed by atoms with Crippen LogP contribution in [-0.2, 0) is 12.8 Å². The van der Waals surface area contributed by atoms with Gasteiger partial charge in [0.05, 0.1) is 25.3 Å². The molecule has 1 N–H and O–H groups in total. The van der Waals surface area contributed by atoms with Crippen LogP contribution in [0.15, 0.2) is 42.5 Å². The molecule has 3 rings (SSSR count). The number of rotatable bonds is 4. The second-order valence-corrected chi connectivity index (χ2v) is 5.28. The molecule has 1 aromatic heterocycles. The predicted molar refractivity (Wildman–Crippen MR) is 89.0 cm³/mol. The van der Waals surface area contributed by atoms with E-state index >= 15 is 0 Å². The molecule has 0 aliphatic heterocycles. The van der Waals surface area contributed by atoms with Gasteiger partial charge in [-0.05, 0) is 41.3 Å². The van der Waals surface area contributed by atoms with Crippen molar-refractivity contribution in [3.8, 4) is 23.1 Å². The summed E-state index contributed by atoms with van der Waals surface area (Å²) in [7, 11) is 1.65. The topological polar surface area (TPSA) is 48.8 Å². The molecule has 3 aromatic rings. The van der Waals surface area contributed by atoms with Crippen molar-refractivity contribution >= 4 is 10.9 Å². The molecule has 0 bridgehead atoms. The molecule has 0 amide bonds. The van der Waals surface area contributed by atoms with Crippen LogP contribution in [0.25, 0.3) is 22.2 Å². The zero-order valence-corrected chi connectivity index (χ0v) is 12.8. The van der Waals surface area contributed by atoms with Crippen molar-refractivity contribution in [3.05, 3.63) is 53.6 Å². The number of aromatic nitrogens is 1. The molecule has 0 fully saturated rings. The predicted octanol–water partition coefficient (Wildman–Crippen LogP) is 4.47. The van der Waals surface area contributed by atoms with Crippen LogP contribution in [0, 0.1) is 11.3 Å². The molecule has 0 aliphatic carbocycles. The Morgan fingerprint density at radius 3 is 2.55 bits per heavy atom. The van der Waals surface area contributed by atoms with Crippen molar-refractivity contribution in [1.29, 1.82) is 5.26 Å². The lowest BCUT2D eigenvalue weighted by atomic mass is 10.0. The lowest BCUT2D eigenvalue weighted by Gasteiger charge is -2.04. The molecule has 0 spiro atoms. The Labute approximate surface area is 130 Å². The summed E-state index contributed by atoms with van der Waals surface area (Å²) in [6.07, 6.45) is 1.40. The van der Waals surface area contributed by atoms with E-state index in [-0.39, 0.29) is 0 Å². The molecule has 0 unspecified atom stereocenters. The van der Waals surface area contributed by atoms with Gasteiger partial charge in [-0.2, -0.15) is 5.26 Å². The zero-order valence-electron chi connectivity index (χ0n) is 12.8. The van der Waals surface area contributed by atoms with Gasteiger partial charge in [0, 0.05) is 10.9 Å². The Hall–Kier alpha value is -2.73. The number of nitriles is 1. The number of aryl methyl sites for hydroxylation is 1. The van der Waals surface area contributed by atoms with E-state index in [9.17, 15) is 5.26 Å². The smallest absolute Gasteiger partial charge is 0.119 e. The molecule has 110 valence electrons. The highest BCUT2D eigenvalue weighted by Gasteiger charge is 2.13. The number of fused-ring (bicyclic) bond motifs is 1. The fraction of sp³-hybridized carbons (Fsp3) is 0.211. The highest BCUT2D eigenvalue weighted by Crippen LogP contribution is 2.33. The Bertz CT molecular complexity index is 838. The molecule has 0 saturated heterocycles. The van der Waals surface area contributed by atoms with Crippen LogP contribution < -0.4 is 4.74 Å². The van der Waals surface area contributed by atoms with Crippen molar-refractivity contribution in [1.82, 2.24) is 4.98 Å². The van der Waals surface area contributed by atoms with Crippen LogP contribution in [-0.4, -0.2) is 12.1 Å². The van der Waals surface area contributed by atoms with Crippen molar-refractivity contribution in [2.24, 2.45) is 0 Å². The average molecular weight is 290 g/mol. The van der Waals surface area contributed by atoms with Crippen molar-refractivity contribution in [2.45, 2.75) is 19.8 Å². The molecule has 2 aromatic carbocycles. The molecule has 22 heavy (non-hydrogen) atoms. The number of hydrogen-bond acceptors (Lipinski definition) is 2. The fourth-order valence-electron chi connectivity index (χ4n) is 2.77. The van der Waals surface area contributed by atoms with Gasteiger partial charge >= 0.3 is 0 Å². The summed E-state index contributed by atoms with van der Waals surface area (Å²) >= 11 is 0. The summed E-state index contributed by atoms with van der Waals surface area (Å²) in [6, 6.07) is 16.7. The minimum Gasteiger partial charge on any atom is -0.497 e. The number of benzene rings is 2. The van der Waals surface area contributed by atoms with Gasteiger partial charge in [-0.15, -0.1) is 0 Å². The number of nitrogens with one attached hydrogen (secondary N) is 1. The fourth-order valence-corrected chi connectivity index (χ4v) is 2.77. The highest BCUT2D eigenvalue weighted by atomic mass is 16.5. The number of aromatic amines is 1. The maximum absolute atomic E-state index is 9.18. The second kappa shape index (κ2) is 5.95. The van der Waals surface area contributed by atoms with E-state index in [4.69, 9.17) is 4.74 Å². The summed E-state index contributed by atoms with van der Waals surface area (Å²) < 4.78 is 5.30. The number of ether oxygens (including phenoxy) is 1. The van der Waals surface area contributed by atoms with Crippen LogP contribution >= 0.6 is 0 Å². The van der Waals surface area contributed by atoms with E-state index in [1.165, 1.54) is 5.56 Å². The van der Waals surface area contributed by atoms with Crippen LogP contribution in [0.2, 0.25) is 0 Å². The number of methoxy groups -OCH3 is 1. The van der Waals surface area contributed by atoms with E-state index in [0.717, 1.165) is 39.9 Å². The maximum Gasteiger partial charge on any atom is 0.119 e. The summed E-state index contributed by atoms with van der Waals surface area (Å²) in [4.78, 5) is 3.45. The van der Waals surface area contributed by atoms with E-state index < -0.39 is 0 Å². The zero-order chi connectivity index (χ0) is 15.5. The monoisotopic (exact) mass is 290 g/mol. The Morgan fingerprint density at radius 1 is 1.14 bits per heavy atom. The van der Waals surface area contributed by atoms with Crippen molar-refractivity contribution in [2.75, 3.05) is 7.11 Å². The summed E-state index contributed by atoms with van der Waals surface area (Å²) in [5.74, 6) is 0.804. The van der Waals surface area contributed by atoms with Gasteiger partial charge in [-0.25, -0.2) is 0 Å². The van der Waals surface area contributed by atoms with Gasteiger partial charge in [0.15, 0.2) is 0 Å². The SMILES string of the molecule is CCc1ccc(-c2[nH]c3ccc(OC)cc3c2CC#N)cc1. The lowest BCUT2D eigenvalue weighted by molar-refractivity contribution is 0.415. The molecule has 3 heteroatoms. The first-order valence-electron chi connectivity index (χ1n) is 7.41. The van der Waals surface area contributed by atoms with Crippen LogP contribution in [0.3, 0.4) is 0 Å². The van der Waals surface area contributed by atoms with Crippen LogP contribution in [0.5, 0.6) is 5.75 Å². The Morgan fingerprint density at radius 2 is 1.91 bits per heavy atom. The first kappa shape index (κ1) is 14.2. The van der Waals surface area contributed by atoms with E-state index in [0.29, 0.717) is 6.42 Å². The highest BCUT2D eigenvalue weighted by molar-refractivity contribution is 5.92.